The molecule has 0 aliphatic rings. The summed E-state index contributed by atoms with van der Waals surface area (Å²) in [6.45, 7) is 0.699. The number of halogens is 1. The van der Waals surface area contributed by atoms with E-state index in [4.69, 9.17) is 22.1 Å². The fourth-order valence-corrected chi connectivity index (χ4v) is 1.80. The van der Waals surface area contributed by atoms with E-state index in [-0.39, 0.29) is 5.15 Å². The van der Waals surface area contributed by atoms with Gasteiger partial charge in [-0.2, -0.15) is 0 Å². The SMILES string of the molecule is COc1cccc(CCNc2ncnc(Cl)c2N)c1. The topological polar surface area (TPSA) is 73.1 Å². The summed E-state index contributed by atoms with van der Waals surface area (Å²) >= 11 is 5.82. The van der Waals surface area contributed by atoms with Crippen molar-refractivity contribution in [2.24, 2.45) is 0 Å². The van der Waals surface area contributed by atoms with E-state index in [0.29, 0.717) is 18.1 Å². The molecule has 0 saturated heterocycles. The first-order chi connectivity index (χ1) is 9.20. The van der Waals surface area contributed by atoms with Crippen LogP contribution in [0.5, 0.6) is 5.75 Å². The van der Waals surface area contributed by atoms with Crippen LogP contribution in [-0.4, -0.2) is 23.6 Å². The van der Waals surface area contributed by atoms with Crippen LogP contribution in [0.2, 0.25) is 5.15 Å². The van der Waals surface area contributed by atoms with Crippen molar-refractivity contribution in [2.45, 2.75) is 6.42 Å². The molecule has 5 nitrogen and oxygen atoms in total. The number of hydrogen-bond donors (Lipinski definition) is 2. The second-order valence-corrected chi connectivity index (χ2v) is 4.31. The molecule has 2 aromatic rings. The number of methoxy groups -OCH3 is 1. The summed E-state index contributed by atoms with van der Waals surface area (Å²) in [5.74, 6) is 1.41. The molecule has 0 atom stereocenters. The third kappa shape index (κ3) is 3.48. The number of nitrogens with zero attached hydrogens (tertiary/aromatic N) is 2. The van der Waals surface area contributed by atoms with Crippen molar-refractivity contribution in [3.63, 3.8) is 0 Å². The smallest absolute Gasteiger partial charge is 0.157 e. The van der Waals surface area contributed by atoms with Crippen LogP contribution in [0.4, 0.5) is 11.5 Å². The first-order valence-electron chi connectivity index (χ1n) is 5.83. The quantitative estimate of drug-likeness (QED) is 0.822. The molecule has 0 radical (unpaired) electrons. The highest BCUT2D eigenvalue weighted by Crippen LogP contribution is 2.21. The molecule has 0 saturated carbocycles. The number of benzene rings is 1. The van der Waals surface area contributed by atoms with Gasteiger partial charge in [-0.05, 0) is 24.1 Å². The molecule has 6 heteroatoms. The van der Waals surface area contributed by atoms with Gasteiger partial charge in [0.05, 0.1) is 7.11 Å². The lowest BCUT2D eigenvalue weighted by atomic mass is 10.1. The summed E-state index contributed by atoms with van der Waals surface area (Å²) in [5, 5.41) is 3.40. The highest BCUT2D eigenvalue weighted by atomic mass is 35.5. The third-order valence-electron chi connectivity index (χ3n) is 2.68. The largest absolute Gasteiger partial charge is 0.497 e. The Bertz CT molecular complexity index is 562. The van der Waals surface area contributed by atoms with E-state index < -0.39 is 0 Å². The van der Waals surface area contributed by atoms with E-state index in [0.717, 1.165) is 12.2 Å². The van der Waals surface area contributed by atoms with Gasteiger partial charge < -0.3 is 15.8 Å². The summed E-state index contributed by atoms with van der Waals surface area (Å²) in [6.07, 6.45) is 2.21. The van der Waals surface area contributed by atoms with Crippen molar-refractivity contribution in [3.05, 3.63) is 41.3 Å². The van der Waals surface area contributed by atoms with Gasteiger partial charge in [-0.15, -0.1) is 0 Å². The fourth-order valence-electron chi connectivity index (χ4n) is 1.67. The van der Waals surface area contributed by atoms with Crippen LogP contribution in [0.3, 0.4) is 0 Å². The first kappa shape index (κ1) is 13.4. The molecule has 0 aliphatic heterocycles. The number of aromatic nitrogens is 2. The molecule has 0 bridgehead atoms. The molecule has 0 amide bonds. The number of hydrogen-bond acceptors (Lipinski definition) is 5. The fraction of sp³-hybridized carbons (Fsp3) is 0.231. The third-order valence-corrected chi connectivity index (χ3v) is 2.98. The van der Waals surface area contributed by atoms with E-state index in [1.165, 1.54) is 11.9 Å². The zero-order valence-corrected chi connectivity index (χ0v) is 11.3. The van der Waals surface area contributed by atoms with Crippen LogP contribution in [0.25, 0.3) is 0 Å². The summed E-state index contributed by atoms with van der Waals surface area (Å²) in [6, 6.07) is 7.92. The highest BCUT2D eigenvalue weighted by Gasteiger charge is 2.05. The van der Waals surface area contributed by atoms with Crippen molar-refractivity contribution in [2.75, 3.05) is 24.7 Å². The summed E-state index contributed by atoms with van der Waals surface area (Å²) in [4.78, 5) is 7.85. The molecule has 2 rings (SSSR count). The van der Waals surface area contributed by atoms with E-state index in [9.17, 15) is 0 Å². The van der Waals surface area contributed by atoms with E-state index in [1.54, 1.807) is 7.11 Å². The highest BCUT2D eigenvalue weighted by molar-refractivity contribution is 6.32. The maximum atomic E-state index is 5.82. The number of rotatable bonds is 5. The lowest BCUT2D eigenvalue weighted by Gasteiger charge is -2.09. The summed E-state index contributed by atoms with van der Waals surface area (Å²) < 4.78 is 5.18. The molecular formula is C13H15ClN4O. The predicted octanol–water partition coefficient (Wildman–Crippen LogP) is 2.38. The van der Waals surface area contributed by atoms with Gasteiger partial charge in [-0.3, -0.25) is 0 Å². The minimum absolute atomic E-state index is 0.263. The van der Waals surface area contributed by atoms with Gasteiger partial charge >= 0.3 is 0 Å². The zero-order valence-electron chi connectivity index (χ0n) is 10.6. The first-order valence-corrected chi connectivity index (χ1v) is 6.21. The molecule has 1 aromatic heterocycles. The molecule has 0 spiro atoms. The molecule has 100 valence electrons. The monoisotopic (exact) mass is 278 g/mol. The second-order valence-electron chi connectivity index (χ2n) is 3.96. The van der Waals surface area contributed by atoms with Gasteiger partial charge in [0.25, 0.3) is 0 Å². The van der Waals surface area contributed by atoms with Gasteiger partial charge in [-0.1, -0.05) is 23.7 Å². The number of nitrogens with one attached hydrogen (secondary N) is 1. The molecule has 0 unspecified atom stereocenters. The summed E-state index contributed by atoms with van der Waals surface area (Å²) in [5.41, 5.74) is 7.31. The maximum absolute atomic E-state index is 5.82. The Kier molecular flexibility index (Phi) is 4.41. The van der Waals surface area contributed by atoms with Gasteiger partial charge in [-0.25, -0.2) is 9.97 Å². The molecule has 1 heterocycles. The minimum atomic E-state index is 0.263. The Balaban J connectivity index is 1.94. The van der Waals surface area contributed by atoms with Gasteiger partial charge in [0, 0.05) is 6.54 Å². The van der Waals surface area contributed by atoms with Crippen LogP contribution in [-0.2, 0) is 6.42 Å². The van der Waals surface area contributed by atoms with Crippen molar-refractivity contribution < 1.29 is 4.74 Å². The van der Waals surface area contributed by atoms with Gasteiger partial charge in [0.2, 0.25) is 0 Å². The van der Waals surface area contributed by atoms with Gasteiger partial charge in [0.1, 0.15) is 17.8 Å². The van der Waals surface area contributed by atoms with Crippen LogP contribution in [0.15, 0.2) is 30.6 Å². The molecule has 1 aromatic carbocycles. The average molecular weight is 279 g/mol. The Morgan fingerprint density at radius 1 is 1.37 bits per heavy atom. The van der Waals surface area contributed by atoms with E-state index in [1.807, 2.05) is 24.3 Å². The Hall–Kier alpha value is -2.01. The van der Waals surface area contributed by atoms with Crippen LogP contribution >= 0.6 is 11.6 Å². The molecule has 19 heavy (non-hydrogen) atoms. The average Bonchev–Trinajstić information content (AvgIpc) is 2.44. The van der Waals surface area contributed by atoms with Crippen molar-refractivity contribution in [3.8, 4) is 5.75 Å². The van der Waals surface area contributed by atoms with Crippen molar-refractivity contribution >= 4 is 23.1 Å². The predicted molar refractivity (Wildman–Crippen MR) is 76.6 cm³/mol. The summed E-state index contributed by atoms with van der Waals surface area (Å²) in [7, 11) is 1.65. The number of nitrogen functional groups attached to an aromatic ring is 1. The Morgan fingerprint density at radius 3 is 3.00 bits per heavy atom. The van der Waals surface area contributed by atoms with Gasteiger partial charge in [0.15, 0.2) is 11.0 Å². The zero-order chi connectivity index (χ0) is 13.7. The maximum Gasteiger partial charge on any atom is 0.157 e. The van der Waals surface area contributed by atoms with E-state index in [2.05, 4.69) is 15.3 Å². The van der Waals surface area contributed by atoms with Crippen LogP contribution in [0, 0.1) is 0 Å². The molecule has 0 fully saturated rings. The number of nitrogens with two attached hydrogens (primary N) is 1. The van der Waals surface area contributed by atoms with Crippen LogP contribution < -0.4 is 15.8 Å². The molecular weight excluding hydrogens is 264 g/mol. The van der Waals surface area contributed by atoms with Crippen molar-refractivity contribution in [1.29, 1.82) is 0 Å². The molecule has 3 N–H and O–H groups in total. The lowest BCUT2D eigenvalue weighted by molar-refractivity contribution is 0.414. The number of ether oxygens (including phenoxy) is 1. The van der Waals surface area contributed by atoms with Crippen LogP contribution in [0.1, 0.15) is 5.56 Å². The minimum Gasteiger partial charge on any atom is -0.497 e. The number of anilines is 2. The second kappa shape index (κ2) is 6.24. The standard InChI is InChI=1S/C13H15ClN4O/c1-19-10-4-2-3-9(7-10)5-6-16-13-11(15)12(14)17-8-18-13/h2-4,7-8H,5-6,15H2,1H3,(H,16,17,18). The molecule has 0 aliphatic carbocycles. The lowest BCUT2D eigenvalue weighted by Crippen LogP contribution is -2.09. The normalized spacial score (nSPS) is 10.2. The van der Waals surface area contributed by atoms with E-state index >= 15 is 0 Å². The van der Waals surface area contributed by atoms with Crippen molar-refractivity contribution in [1.82, 2.24) is 9.97 Å². The Labute approximate surface area is 116 Å². The Morgan fingerprint density at radius 2 is 2.21 bits per heavy atom.